The fraction of sp³-hybridized carbons (Fsp3) is 0.882. The van der Waals surface area contributed by atoms with E-state index in [0.29, 0.717) is 19.8 Å². The second kappa shape index (κ2) is 7.23. The zero-order chi connectivity index (χ0) is 16.3. The van der Waals surface area contributed by atoms with Crippen LogP contribution in [0.1, 0.15) is 47.5 Å². The highest BCUT2D eigenvalue weighted by molar-refractivity contribution is 4.99. The molecule has 0 aliphatic carbocycles. The Morgan fingerprint density at radius 3 is 2.24 bits per heavy atom. The summed E-state index contributed by atoms with van der Waals surface area (Å²) < 4.78 is 11.3. The van der Waals surface area contributed by atoms with E-state index in [2.05, 4.69) is 46.2 Å². The van der Waals surface area contributed by atoms with Gasteiger partial charge in [0, 0.05) is 11.1 Å². The van der Waals surface area contributed by atoms with Crippen molar-refractivity contribution >= 4 is 0 Å². The van der Waals surface area contributed by atoms with Crippen molar-refractivity contribution in [3.8, 4) is 0 Å². The van der Waals surface area contributed by atoms with E-state index in [-0.39, 0.29) is 17.2 Å². The first kappa shape index (κ1) is 18.6. The van der Waals surface area contributed by atoms with Crippen LogP contribution in [0.5, 0.6) is 0 Å². The van der Waals surface area contributed by atoms with Crippen molar-refractivity contribution < 1.29 is 14.6 Å². The van der Waals surface area contributed by atoms with E-state index in [1.54, 1.807) is 0 Å². The van der Waals surface area contributed by atoms with Gasteiger partial charge in [0.05, 0.1) is 25.9 Å². The summed E-state index contributed by atoms with van der Waals surface area (Å²) in [5.74, 6) is 0. The smallest absolute Gasteiger partial charge is 0.101 e. The van der Waals surface area contributed by atoms with Crippen LogP contribution in [0.25, 0.3) is 0 Å². The molecule has 1 unspecified atom stereocenters. The van der Waals surface area contributed by atoms with E-state index in [1.165, 1.54) is 0 Å². The third-order valence-electron chi connectivity index (χ3n) is 4.45. The molecule has 1 aliphatic heterocycles. The lowest BCUT2D eigenvalue weighted by Gasteiger charge is -2.53. The Morgan fingerprint density at radius 1 is 1.24 bits per heavy atom. The van der Waals surface area contributed by atoms with Crippen LogP contribution >= 0.6 is 0 Å². The molecule has 0 aromatic rings. The van der Waals surface area contributed by atoms with Gasteiger partial charge in [-0.3, -0.25) is 4.90 Å². The van der Waals surface area contributed by atoms with E-state index >= 15 is 0 Å². The molecule has 21 heavy (non-hydrogen) atoms. The molecule has 0 amide bonds. The number of hydrogen-bond acceptors (Lipinski definition) is 4. The molecule has 4 heteroatoms. The monoisotopic (exact) mass is 299 g/mol. The highest BCUT2D eigenvalue weighted by Crippen LogP contribution is 2.38. The maximum absolute atomic E-state index is 9.91. The number of ether oxygens (including phenoxy) is 2. The molecule has 1 rings (SSSR count). The number of aliphatic hydroxyl groups excluding tert-OH is 1. The maximum atomic E-state index is 9.91. The van der Waals surface area contributed by atoms with Crippen molar-refractivity contribution in [3.05, 3.63) is 12.2 Å². The Morgan fingerprint density at radius 2 is 1.76 bits per heavy atom. The highest BCUT2D eigenvalue weighted by Gasteiger charge is 2.43. The lowest BCUT2D eigenvalue weighted by atomic mass is 9.79. The Balaban J connectivity index is 2.40. The van der Waals surface area contributed by atoms with Gasteiger partial charge in [-0.25, -0.2) is 0 Å². The molecular weight excluding hydrogens is 266 g/mol. The van der Waals surface area contributed by atoms with E-state index in [0.717, 1.165) is 18.4 Å². The molecule has 0 saturated carbocycles. The van der Waals surface area contributed by atoms with Crippen molar-refractivity contribution in [3.63, 3.8) is 0 Å². The van der Waals surface area contributed by atoms with Crippen LogP contribution in [0.4, 0.5) is 0 Å². The molecule has 0 bridgehead atoms. The number of rotatable bonds is 7. The van der Waals surface area contributed by atoms with Gasteiger partial charge in [-0.1, -0.05) is 12.2 Å². The fourth-order valence-corrected chi connectivity index (χ4v) is 3.06. The Kier molecular flexibility index (Phi) is 6.41. The summed E-state index contributed by atoms with van der Waals surface area (Å²) in [4.78, 5) is 2.42. The van der Waals surface area contributed by atoms with Gasteiger partial charge in [0.1, 0.15) is 6.10 Å². The van der Waals surface area contributed by atoms with E-state index in [1.807, 2.05) is 6.92 Å². The van der Waals surface area contributed by atoms with E-state index in [9.17, 15) is 5.11 Å². The van der Waals surface area contributed by atoms with Crippen molar-refractivity contribution in [1.29, 1.82) is 0 Å². The summed E-state index contributed by atoms with van der Waals surface area (Å²) in [6, 6.07) is 0. The highest BCUT2D eigenvalue weighted by atomic mass is 16.5. The summed E-state index contributed by atoms with van der Waals surface area (Å²) in [5, 5.41) is 9.91. The lowest BCUT2D eigenvalue weighted by Crippen LogP contribution is -2.60. The van der Waals surface area contributed by atoms with Crippen molar-refractivity contribution in [1.82, 2.24) is 4.90 Å². The summed E-state index contributed by atoms with van der Waals surface area (Å²) in [5.41, 5.74) is 1.17. The third-order valence-corrected chi connectivity index (χ3v) is 4.45. The SMILES string of the molecule is C=C(C)COCC(O)COC1CC(C)(C)N(C)C(C)(C)C1. The quantitative estimate of drug-likeness (QED) is 0.734. The Hall–Kier alpha value is -0.420. The summed E-state index contributed by atoms with van der Waals surface area (Å²) >= 11 is 0. The molecule has 0 radical (unpaired) electrons. The second-order valence-corrected chi connectivity index (χ2v) is 7.67. The van der Waals surface area contributed by atoms with Crippen LogP contribution < -0.4 is 0 Å². The first-order chi connectivity index (χ1) is 9.54. The van der Waals surface area contributed by atoms with Gasteiger partial charge in [0.2, 0.25) is 0 Å². The fourth-order valence-electron chi connectivity index (χ4n) is 3.06. The molecule has 1 aliphatic rings. The summed E-state index contributed by atoms with van der Waals surface area (Å²) in [6.07, 6.45) is 1.57. The number of nitrogens with zero attached hydrogens (tertiary/aromatic N) is 1. The largest absolute Gasteiger partial charge is 0.388 e. The van der Waals surface area contributed by atoms with Gasteiger partial charge in [0.25, 0.3) is 0 Å². The van der Waals surface area contributed by atoms with Gasteiger partial charge in [-0.05, 0) is 54.5 Å². The van der Waals surface area contributed by atoms with Gasteiger partial charge >= 0.3 is 0 Å². The predicted molar refractivity (Wildman–Crippen MR) is 86.5 cm³/mol. The van der Waals surface area contributed by atoms with Gasteiger partial charge in [-0.15, -0.1) is 0 Å². The number of piperidine rings is 1. The predicted octanol–water partition coefficient (Wildman–Crippen LogP) is 2.61. The molecule has 0 aromatic heterocycles. The van der Waals surface area contributed by atoms with Crippen molar-refractivity contribution in [2.24, 2.45) is 0 Å². The number of aliphatic hydroxyl groups is 1. The van der Waals surface area contributed by atoms with Crippen LogP contribution in [0, 0.1) is 0 Å². The van der Waals surface area contributed by atoms with Crippen LogP contribution in [0.15, 0.2) is 12.2 Å². The molecule has 124 valence electrons. The molecule has 0 spiro atoms. The van der Waals surface area contributed by atoms with E-state index < -0.39 is 6.10 Å². The molecule has 1 N–H and O–H groups in total. The number of hydrogen-bond donors (Lipinski definition) is 1. The van der Waals surface area contributed by atoms with Crippen LogP contribution in [0.3, 0.4) is 0 Å². The zero-order valence-corrected chi connectivity index (χ0v) is 14.6. The average Bonchev–Trinajstić information content (AvgIpc) is 2.32. The minimum atomic E-state index is -0.574. The average molecular weight is 299 g/mol. The molecule has 1 atom stereocenters. The minimum absolute atomic E-state index is 0.105. The van der Waals surface area contributed by atoms with Gasteiger partial charge in [-0.2, -0.15) is 0 Å². The Labute approximate surface area is 130 Å². The zero-order valence-electron chi connectivity index (χ0n) is 14.6. The molecule has 0 aromatic carbocycles. The molecule has 1 saturated heterocycles. The number of likely N-dealkylation sites (tertiary alicyclic amines) is 1. The maximum Gasteiger partial charge on any atom is 0.101 e. The topological polar surface area (TPSA) is 41.9 Å². The standard InChI is InChI=1S/C17H33NO3/c1-13(2)10-20-11-14(19)12-21-15-8-16(3,4)18(7)17(5,6)9-15/h14-15,19H,1,8-12H2,2-7H3. The summed E-state index contributed by atoms with van der Waals surface area (Å²) in [6.45, 7) is 15.8. The van der Waals surface area contributed by atoms with Crippen LogP contribution in [-0.2, 0) is 9.47 Å². The summed E-state index contributed by atoms with van der Waals surface area (Å²) in [7, 11) is 2.18. The van der Waals surface area contributed by atoms with E-state index in [4.69, 9.17) is 9.47 Å². The van der Waals surface area contributed by atoms with Crippen molar-refractivity contribution in [2.45, 2.75) is 70.7 Å². The second-order valence-electron chi connectivity index (χ2n) is 7.67. The molecule has 4 nitrogen and oxygen atoms in total. The normalized spacial score (nSPS) is 24.0. The first-order valence-electron chi connectivity index (χ1n) is 7.80. The first-order valence-corrected chi connectivity index (χ1v) is 7.80. The molecule has 1 heterocycles. The molecular formula is C17H33NO3. The minimum Gasteiger partial charge on any atom is -0.388 e. The Bertz CT molecular complexity index is 334. The third kappa shape index (κ3) is 5.70. The van der Waals surface area contributed by atoms with Gasteiger partial charge in [0.15, 0.2) is 0 Å². The van der Waals surface area contributed by atoms with Gasteiger partial charge < -0.3 is 14.6 Å². The van der Waals surface area contributed by atoms with Crippen LogP contribution in [-0.4, -0.2) is 60.2 Å². The lowest BCUT2D eigenvalue weighted by molar-refractivity contribution is -0.112. The van der Waals surface area contributed by atoms with Crippen molar-refractivity contribution in [2.75, 3.05) is 26.9 Å². The molecule has 1 fully saturated rings. The van der Waals surface area contributed by atoms with Crippen LogP contribution in [0.2, 0.25) is 0 Å².